The lowest BCUT2D eigenvalue weighted by atomic mass is 9.90. The molecule has 22 heavy (non-hydrogen) atoms. The van der Waals surface area contributed by atoms with E-state index in [9.17, 15) is 14.7 Å². The van der Waals surface area contributed by atoms with E-state index < -0.39 is 11.5 Å². The topological polar surface area (TPSA) is 75.6 Å². The number of aliphatic carboxylic acids is 1. The van der Waals surface area contributed by atoms with Crippen molar-refractivity contribution in [1.82, 2.24) is 5.32 Å². The summed E-state index contributed by atoms with van der Waals surface area (Å²) in [6.45, 7) is 0.707. The second-order valence-corrected chi connectivity index (χ2v) is 6.70. The normalized spacial score (nSPS) is 17.0. The fourth-order valence-electron chi connectivity index (χ4n) is 2.23. The smallest absolute Gasteiger partial charge is 0.329 e. The van der Waals surface area contributed by atoms with Gasteiger partial charge in [0.2, 0.25) is 5.91 Å². The highest BCUT2D eigenvalue weighted by Crippen LogP contribution is 2.23. The summed E-state index contributed by atoms with van der Waals surface area (Å²) in [6.07, 6.45) is 0.875. The molecule has 0 aliphatic carbocycles. The molecule has 1 heterocycles. The zero-order valence-corrected chi connectivity index (χ0v) is 13.6. The Morgan fingerprint density at radius 1 is 1.27 bits per heavy atom. The Balaban J connectivity index is 1.81. The first-order chi connectivity index (χ1) is 10.5. The van der Waals surface area contributed by atoms with Gasteiger partial charge >= 0.3 is 5.97 Å². The first-order valence-electron chi connectivity index (χ1n) is 7.02. The number of hydrogen-bond donors (Lipinski definition) is 2. The SMILES string of the molecule is O=C(CCSc1ccc(Cl)cc1)NC1(C(=O)O)CCOCC1. The van der Waals surface area contributed by atoms with Crippen LogP contribution in [0, 0.1) is 0 Å². The number of ether oxygens (including phenoxy) is 1. The predicted octanol–water partition coefficient (Wildman–Crippen LogP) is 2.57. The number of hydrogen-bond acceptors (Lipinski definition) is 4. The van der Waals surface area contributed by atoms with Crippen LogP contribution in [0.3, 0.4) is 0 Å². The summed E-state index contributed by atoms with van der Waals surface area (Å²) in [7, 11) is 0. The highest BCUT2D eigenvalue weighted by Gasteiger charge is 2.41. The third-order valence-electron chi connectivity index (χ3n) is 3.55. The Morgan fingerprint density at radius 3 is 2.50 bits per heavy atom. The van der Waals surface area contributed by atoms with Crippen molar-refractivity contribution in [2.45, 2.75) is 29.7 Å². The Bertz CT molecular complexity index is 529. The predicted molar refractivity (Wildman–Crippen MR) is 85.4 cm³/mol. The number of nitrogens with one attached hydrogen (secondary N) is 1. The molecule has 2 N–H and O–H groups in total. The number of carboxylic acids is 1. The summed E-state index contributed by atoms with van der Waals surface area (Å²) in [6, 6.07) is 7.38. The number of benzene rings is 1. The van der Waals surface area contributed by atoms with Gasteiger partial charge in [-0.1, -0.05) is 11.6 Å². The lowest BCUT2D eigenvalue weighted by molar-refractivity contribution is -0.152. The number of amides is 1. The maximum atomic E-state index is 12.0. The minimum absolute atomic E-state index is 0.245. The highest BCUT2D eigenvalue weighted by atomic mass is 35.5. The molecule has 1 aromatic rings. The minimum Gasteiger partial charge on any atom is -0.480 e. The zero-order chi connectivity index (χ0) is 16.0. The van der Waals surface area contributed by atoms with Gasteiger partial charge in [0.15, 0.2) is 0 Å². The van der Waals surface area contributed by atoms with Crippen LogP contribution in [0.5, 0.6) is 0 Å². The highest BCUT2D eigenvalue weighted by molar-refractivity contribution is 7.99. The number of rotatable bonds is 6. The maximum absolute atomic E-state index is 12.0. The zero-order valence-electron chi connectivity index (χ0n) is 12.0. The first-order valence-corrected chi connectivity index (χ1v) is 8.39. The molecule has 0 spiro atoms. The number of carbonyl (C=O) groups excluding carboxylic acids is 1. The van der Waals surface area contributed by atoms with Gasteiger partial charge in [0.25, 0.3) is 0 Å². The van der Waals surface area contributed by atoms with Gasteiger partial charge in [0.1, 0.15) is 5.54 Å². The van der Waals surface area contributed by atoms with Crippen LogP contribution in [0.1, 0.15) is 19.3 Å². The molecular formula is C15H18ClNO4S. The molecule has 0 radical (unpaired) electrons. The van der Waals surface area contributed by atoms with Crippen molar-refractivity contribution in [3.8, 4) is 0 Å². The fraction of sp³-hybridized carbons (Fsp3) is 0.467. The molecule has 1 aliphatic heterocycles. The molecular weight excluding hydrogens is 326 g/mol. The molecule has 0 atom stereocenters. The van der Waals surface area contributed by atoms with Crippen LogP contribution in [0.2, 0.25) is 5.02 Å². The molecule has 0 aromatic heterocycles. The number of carboxylic acid groups (broad SMARTS) is 1. The Hall–Kier alpha value is -1.24. The van der Waals surface area contributed by atoms with Gasteiger partial charge in [-0.2, -0.15) is 0 Å². The van der Waals surface area contributed by atoms with E-state index in [1.165, 1.54) is 11.8 Å². The van der Waals surface area contributed by atoms with Crippen LogP contribution in [0.4, 0.5) is 0 Å². The quantitative estimate of drug-likeness (QED) is 0.776. The molecule has 5 nitrogen and oxygen atoms in total. The van der Waals surface area contributed by atoms with Crippen molar-refractivity contribution in [3.63, 3.8) is 0 Å². The van der Waals surface area contributed by atoms with Crippen molar-refractivity contribution in [2.24, 2.45) is 0 Å². The van der Waals surface area contributed by atoms with Gasteiger partial charge in [-0.25, -0.2) is 4.79 Å². The molecule has 0 unspecified atom stereocenters. The largest absolute Gasteiger partial charge is 0.480 e. The van der Waals surface area contributed by atoms with E-state index in [0.717, 1.165) is 4.90 Å². The monoisotopic (exact) mass is 343 g/mol. The van der Waals surface area contributed by atoms with E-state index >= 15 is 0 Å². The Morgan fingerprint density at radius 2 is 1.91 bits per heavy atom. The van der Waals surface area contributed by atoms with Crippen molar-refractivity contribution in [1.29, 1.82) is 0 Å². The number of halogens is 1. The standard InChI is InChI=1S/C15H18ClNO4S/c16-11-1-3-12(4-2-11)22-10-5-13(18)17-15(14(19)20)6-8-21-9-7-15/h1-4H,5-10H2,(H,17,18)(H,19,20). The molecule has 0 saturated carbocycles. The van der Waals surface area contributed by atoms with Crippen molar-refractivity contribution < 1.29 is 19.4 Å². The summed E-state index contributed by atoms with van der Waals surface area (Å²) in [5.41, 5.74) is -1.18. The lowest BCUT2D eigenvalue weighted by Crippen LogP contribution is -2.57. The summed E-state index contributed by atoms with van der Waals surface area (Å²) in [5, 5.41) is 12.7. The van der Waals surface area contributed by atoms with Gasteiger partial charge in [-0.05, 0) is 24.3 Å². The molecule has 2 rings (SSSR count). The summed E-state index contributed by atoms with van der Waals surface area (Å²) < 4.78 is 5.18. The average Bonchev–Trinajstić information content (AvgIpc) is 2.50. The van der Waals surface area contributed by atoms with Crippen LogP contribution < -0.4 is 5.32 Å². The van der Waals surface area contributed by atoms with Crippen molar-refractivity contribution in [2.75, 3.05) is 19.0 Å². The van der Waals surface area contributed by atoms with E-state index in [1.807, 2.05) is 12.1 Å². The second-order valence-electron chi connectivity index (χ2n) is 5.10. The van der Waals surface area contributed by atoms with Gasteiger partial charge in [0.05, 0.1) is 0 Å². The van der Waals surface area contributed by atoms with E-state index in [2.05, 4.69) is 5.32 Å². The van der Waals surface area contributed by atoms with Crippen LogP contribution in [0.25, 0.3) is 0 Å². The summed E-state index contributed by atoms with van der Waals surface area (Å²) in [5.74, 6) is -0.653. The van der Waals surface area contributed by atoms with Crippen LogP contribution >= 0.6 is 23.4 Å². The first kappa shape index (κ1) is 17.1. The maximum Gasteiger partial charge on any atom is 0.329 e. The van der Waals surface area contributed by atoms with Crippen LogP contribution in [0.15, 0.2) is 29.2 Å². The second kappa shape index (κ2) is 7.85. The molecule has 120 valence electrons. The molecule has 1 saturated heterocycles. The Labute approximate surface area is 138 Å². The van der Waals surface area contributed by atoms with Gasteiger partial charge in [-0.15, -0.1) is 11.8 Å². The lowest BCUT2D eigenvalue weighted by Gasteiger charge is -2.33. The summed E-state index contributed by atoms with van der Waals surface area (Å²) >= 11 is 7.35. The molecule has 1 fully saturated rings. The van der Waals surface area contributed by atoms with Crippen molar-refractivity contribution >= 4 is 35.2 Å². The molecule has 1 amide bonds. The van der Waals surface area contributed by atoms with E-state index in [4.69, 9.17) is 16.3 Å². The van der Waals surface area contributed by atoms with Gasteiger partial charge in [-0.3, -0.25) is 4.79 Å². The van der Waals surface area contributed by atoms with Crippen molar-refractivity contribution in [3.05, 3.63) is 29.3 Å². The van der Waals surface area contributed by atoms with E-state index in [-0.39, 0.29) is 12.3 Å². The van der Waals surface area contributed by atoms with Crippen LogP contribution in [-0.4, -0.2) is 41.5 Å². The Kier molecular flexibility index (Phi) is 6.11. The average molecular weight is 344 g/mol. The molecule has 1 aliphatic rings. The van der Waals surface area contributed by atoms with E-state index in [1.54, 1.807) is 12.1 Å². The van der Waals surface area contributed by atoms with E-state index in [0.29, 0.717) is 36.8 Å². The molecule has 0 bridgehead atoms. The van der Waals surface area contributed by atoms with Gasteiger partial charge < -0.3 is 15.2 Å². The number of thioether (sulfide) groups is 1. The van der Waals surface area contributed by atoms with Crippen LogP contribution in [-0.2, 0) is 14.3 Å². The van der Waals surface area contributed by atoms with Gasteiger partial charge in [0, 0.05) is 48.1 Å². The third-order valence-corrected chi connectivity index (χ3v) is 4.81. The minimum atomic E-state index is -1.18. The fourth-order valence-corrected chi connectivity index (χ4v) is 3.21. The summed E-state index contributed by atoms with van der Waals surface area (Å²) in [4.78, 5) is 24.5. The third kappa shape index (κ3) is 4.63. The number of carbonyl (C=O) groups is 2. The molecule has 7 heteroatoms. The molecule has 1 aromatic carbocycles.